The third-order valence-electron chi connectivity index (χ3n) is 6.14. The van der Waals surface area contributed by atoms with Gasteiger partial charge in [0.1, 0.15) is 11.9 Å². The van der Waals surface area contributed by atoms with Gasteiger partial charge in [0.15, 0.2) is 5.69 Å². The number of nitrogens with zero attached hydrogens (tertiary/aromatic N) is 3. The summed E-state index contributed by atoms with van der Waals surface area (Å²) in [6.07, 6.45) is 3.48. The van der Waals surface area contributed by atoms with Crippen molar-refractivity contribution in [2.75, 3.05) is 26.3 Å². The Kier molecular flexibility index (Phi) is 5.90. The molecule has 3 heterocycles. The molecular formula is C25H28N4O3. The van der Waals surface area contributed by atoms with Crippen molar-refractivity contribution in [2.24, 2.45) is 0 Å². The Balaban J connectivity index is 1.28. The Hall–Kier alpha value is -3.19. The number of H-pyrrole nitrogens is 1. The molecule has 0 bridgehead atoms. The van der Waals surface area contributed by atoms with Gasteiger partial charge in [0.25, 0.3) is 5.91 Å². The second kappa shape index (κ2) is 9.12. The first-order valence-corrected chi connectivity index (χ1v) is 11.4. The van der Waals surface area contributed by atoms with Crippen molar-refractivity contribution in [3.8, 4) is 5.75 Å². The number of rotatable bonds is 6. The molecule has 0 unspecified atom stereocenters. The zero-order valence-electron chi connectivity index (χ0n) is 18.3. The molecule has 0 saturated carbocycles. The van der Waals surface area contributed by atoms with E-state index >= 15 is 0 Å². The molecule has 32 heavy (non-hydrogen) atoms. The lowest BCUT2D eigenvalue weighted by molar-refractivity contribution is -0.0250. The number of aromatic nitrogens is 3. The molecule has 1 aromatic carbocycles. The molecule has 1 atom stereocenters. The summed E-state index contributed by atoms with van der Waals surface area (Å²) in [6, 6.07) is 14.1. The van der Waals surface area contributed by atoms with E-state index < -0.39 is 0 Å². The second-order valence-electron chi connectivity index (χ2n) is 8.30. The number of hydrogen-bond acceptors (Lipinski definition) is 5. The van der Waals surface area contributed by atoms with Crippen LogP contribution in [0.15, 0.2) is 42.5 Å². The summed E-state index contributed by atoms with van der Waals surface area (Å²) in [5, 5.41) is 7.35. The predicted molar refractivity (Wildman–Crippen MR) is 120 cm³/mol. The first-order valence-electron chi connectivity index (χ1n) is 11.4. The first-order chi connectivity index (χ1) is 15.7. The van der Waals surface area contributed by atoms with Gasteiger partial charge < -0.3 is 14.4 Å². The van der Waals surface area contributed by atoms with E-state index in [4.69, 9.17) is 14.5 Å². The fourth-order valence-electron chi connectivity index (χ4n) is 4.51. The van der Waals surface area contributed by atoms with Crippen molar-refractivity contribution in [3.63, 3.8) is 0 Å². The minimum absolute atomic E-state index is 0.0109. The molecule has 2 aliphatic rings. The van der Waals surface area contributed by atoms with Crippen LogP contribution in [0.1, 0.15) is 58.1 Å². The third-order valence-corrected chi connectivity index (χ3v) is 6.14. The highest BCUT2D eigenvalue weighted by Gasteiger charge is 2.31. The quantitative estimate of drug-likeness (QED) is 0.645. The fraction of sp³-hybridized carbons (Fsp3) is 0.400. The average molecular weight is 433 g/mol. The molecule has 2 aromatic heterocycles. The van der Waals surface area contributed by atoms with Crippen LogP contribution < -0.4 is 4.74 Å². The Labute approximate surface area is 187 Å². The minimum atomic E-state index is -0.236. The summed E-state index contributed by atoms with van der Waals surface area (Å²) in [7, 11) is 0. The van der Waals surface area contributed by atoms with Crippen molar-refractivity contribution in [1.29, 1.82) is 0 Å². The number of pyridine rings is 1. The third kappa shape index (κ3) is 4.25. The minimum Gasteiger partial charge on any atom is -0.494 e. The molecule has 166 valence electrons. The van der Waals surface area contributed by atoms with E-state index in [-0.39, 0.29) is 12.0 Å². The van der Waals surface area contributed by atoms with Gasteiger partial charge in [0, 0.05) is 29.9 Å². The fourth-order valence-corrected chi connectivity index (χ4v) is 4.51. The summed E-state index contributed by atoms with van der Waals surface area (Å²) in [4.78, 5) is 19.8. The topological polar surface area (TPSA) is 80.3 Å². The average Bonchev–Trinajstić information content (AvgIpc) is 3.45. The van der Waals surface area contributed by atoms with Crippen molar-refractivity contribution in [1.82, 2.24) is 20.1 Å². The van der Waals surface area contributed by atoms with Gasteiger partial charge in [-0.1, -0.05) is 18.2 Å². The van der Waals surface area contributed by atoms with Crippen LogP contribution >= 0.6 is 0 Å². The molecule has 0 radical (unpaired) electrons. The maximum absolute atomic E-state index is 13.1. The summed E-state index contributed by atoms with van der Waals surface area (Å²) < 4.78 is 11.5. The zero-order valence-corrected chi connectivity index (χ0v) is 18.3. The van der Waals surface area contributed by atoms with Gasteiger partial charge in [-0.3, -0.25) is 14.9 Å². The molecule has 5 rings (SSSR count). The molecule has 1 N–H and O–H groups in total. The van der Waals surface area contributed by atoms with E-state index in [1.807, 2.05) is 42.2 Å². The lowest BCUT2D eigenvalue weighted by Crippen LogP contribution is -2.43. The number of benzene rings is 1. The number of aryl methyl sites for hydroxylation is 1. The SMILES string of the molecule is CCOc1ccc(Cc2cccc([C@@H]3CN(C(=O)c4n[nH]c5c4CCC5)CCO3)n2)cc1. The van der Waals surface area contributed by atoms with E-state index in [2.05, 4.69) is 22.3 Å². The lowest BCUT2D eigenvalue weighted by Gasteiger charge is -2.32. The number of morpholine rings is 1. The summed E-state index contributed by atoms with van der Waals surface area (Å²) in [5.41, 5.74) is 5.79. The monoisotopic (exact) mass is 432 g/mol. The van der Waals surface area contributed by atoms with Crippen LogP contribution in [-0.2, 0) is 24.0 Å². The normalized spacial score (nSPS) is 17.9. The van der Waals surface area contributed by atoms with Crippen LogP contribution in [0.2, 0.25) is 0 Å². The largest absolute Gasteiger partial charge is 0.494 e. The molecule has 1 aliphatic heterocycles. The van der Waals surface area contributed by atoms with Gasteiger partial charge in [-0.15, -0.1) is 0 Å². The number of aromatic amines is 1. The number of carbonyl (C=O) groups is 1. The highest BCUT2D eigenvalue weighted by molar-refractivity contribution is 5.94. The van der Waals surface area contributed by atoms with Crippen LogP contribution in [0.25, 0.3) is 0 Å². The Morgan fingerprint density at radius 2 is 2.09 bits per heavy atom. The molecule has 1 fully saturated rings. The van der Waals surface area contributed by atoms with Crippen molar-refractivity contribution >= 4 is 5.91 Å². The number of hydrogen-bond donors (Lipinski definition) is 1. The Morgan fingerprint density at radius 1 is 1.22 bits per heavy atom. The molecule has 0 spiro atoms. The zero-order chi connectivity index (χ0) is 21.9. The molecule has 7 heteroatoms. The standard InChI is InChI=1S/C25H28N4O3/c1-2-31-19-11-9-17(10-12-19)15-18-5-3-8-22(26-18)23-16-29(13-14-32-23)25(30)24-20-6-4-7-21(20)27-28-24/h3,5,8-12,23H,2,4,6-7,13-16H2,1H3,(H,27,28)/t23-/m0/s1. The number of amides is 1. The van der Waals surface area contributed by atoms with Gasteiger partial charge in [0.2, 0.25) is 0 Å². The van der Waals surface area contributed by atoms with Crippen LogP contribution in [0, 0.1) is 0 Å². The Bertz CT molecular complexity index is 1090. The smallest absolute Gasteiger partial charge is 0.274 e. The van der Waals surface area contributed by atoms with Crippen LogP contribution in [0.4, 0.5) is 0 Å². The maximum Gasteiger partial charge on any atom is 0.274 e. The highest BCUT2D eigenvalue weighted by Crippen LogP contribution is 2.27. The van der Waals surface area contributed by atoms with Crippen LogP contribution in [0.5, 0.6) is 5.75 Å². The van der Waals surface area contributed by atoms with Gasteiger partial charge >= 0.3 is 0 Å². The van der Waals surface area contributed by atoms with Gasteiger partial charge in [-0.2, -0.15) is 5.10 Å². The summed E-state index contributed by atoms with van der Waals surface area (Å²) in [6.45, 7) is 4.19. The van der Waals surface area contributed by atoms with E-state index in [9.17, 15) is 4.79 Å². The van der Waals surface area contributed by atoms with Gasteiger partial charge in [-0.25, -0.2) is 0 Å². The maximum atomic E-state index is 13.1. The second-order valence-corrected chi connectivity index (χ2v) is 8.30. The molecular weight excluding hydrogens is 404 g/mol. The number of fused-ring (bicyclic) bond motifs is 1. The van der Waals surface area contributed by atoms with E-state index in [1.54, 1.807) is 0 Å². The molecule has 1 saturated heterocycles. The van der Waals surface area contributed by atoms with E-state index in [0.717, 1.165) is 54.1 Å². The number of nitrogens with one attached hydrogen (secondary N) is 1. The lowest BCUT2D eigenvalue weighted by atomic mass is 10.1. The molecule has 7 nitrogen and oxygen atoms in total. The van der Waals surface area contributed by atoms with Crippen LogP contribution in [-0.4, -0.2) is 52.3 Å². The van der Waals surface area contributed by atoms with Crippen molar-refractivity contribution < 1.29 is 14.3 Å². The first kappa shape index (κ1) is 20.7. The summed E-state index contributed by atoms with van der Waals surface area (Å²) >= 11 is 0. The molecule has 1 amide bonds. The molecule has 3 aromatic rings. The van der Waals surface area contributed by atoms with Gasteiger partial charge in [0.05, 0.1) is 25.5 Å². The van der Waals surface area contributed by atoms with Crippen molar-refractivity contribution in [3.05, 3.63) is 76.4 Å². The van der Waals surface area contributed by atoms with E-state index in [0.29, 0.717) is 32.0 Å². The van der Waals surface area contributed by atoms with E-state index in [1.165, 1.54) is 5.56 Å². The number of carbonyl (C=O) groups excluding carboxylic acids is 1. The van der Waals surface area contributed by atoms with Crippen molar-refractivity contribution in [2.45, 2.75) is 38.7 Å². The van der Waals surface area contributed by atoms with Crippen LogP contribution in [0.3, 0.4) is 0 Å². The molecule has 1 aliphatic carbocycles. The van der Waals surface area contributed by atoms with Gasteiger partial charge in [-0.05, 0) is 56.0 Å². The summed E-state index contributed by atoms with van der Waals surface area (Å²) in [5.74, 6) is 0.865. The number of ether oxygens (including phenoxy) is 2. The predicted octanol–water partition coefficient (Wildman–Crippen LogP) is 3.50. The highest BCUT2D eigenvalue weighted by atomic mass is 16.5. The Morgan fingerprint density at radius 3 is 2.94 bits per heavy atom.